The van der Waals surface area contributed by atoms with Gasteiger partial charge >= 0.3 is 6.09 Å². The van der Waals surface area contributed by atoms with Crippen molar-refractivity contribution in [3.8, 4) is 11.5 Å². The van der Waals surface area contributed by atoms with E-state index in [-0.39, 0.29) is 12.6 Å². The van der Waals surface area contributed by atoms with Gasteiger partial charge in [-0.2, -0.15) is 0 Å². The standard InChI is InChI=1S/C29H30ClN3O5/c1-2-37-29(36)33-22-8-11-25-26(16-22)31-13-12-28(25)38-24-9-6-19(7-10-24)14-23(18-34)32-17-27(35)20-4-3-5-21(30)15-20/h3-13,15-16,23,27,32,34-35H,2,14,17-18H2,1H3,(H,33,36)/t23-,27+/m0/s1. The Balaban J connectivity index is 1.36. The Bertz CT molecular complexity index is 1370. The quantitative estimate of drug-likeness (QED) is 0.201. The second kappa shape index (κ2) is 13.2. The number of carbonyl (C=O) groups excluding carboxylic acids is 1. The molecule has 3 aromatic carbocycles. The second-order valence-corrected chi connectivity index (χ2v) is 9.13. The van der Waals surface area contributed by atoms with Gasteiger partial charge in [-0.05, 0) is 73.0 Å². The van der Waals surface area contributed by atoms with E-state index in [1.54, 1.807) is 49.5 Å². The lowest BCUT2D eigenvalue weighted by atomic mass is 10.0. The lowest BCUT2D eigenvalue weighted by molar-refractivity contribution is 0.158. The fourth-order valence-corrected chi connectivity index (χ4v) is 4.19. The zero-order chi connectivity index (χ0) is 26.9. The van der Waals surface area contributed by atoms with Crippen molar-refractivity contribution in [2.75, 3.05) is 25.1 Å². The summed E-state index contributed by atoms with van der Waals surface area (Å²) in [4.78, 5) is 16.1. The normalized spacial score (nSPS) is 12.6. The van der Waals surface area contributed by atoms with Gasteiger partial charge in [0.25, 0.3) is 0 Å². The van der Waals surface area contributed by atoms with Crippen LogP contribution in [0.15, 0.2) is 79.0 Å². The van der Waals surface area contributed by atoms with E-state index in [2.05, 4.69) is 15.6 Å². The number of nitrogens with one attached hydrogen (secondary N) is 2. The maximum absolute atomic E-state index is 11.7. The molecule has 4 rings (SSSR count). The third-order valence-corrected chi connectivity index (χ3v) is 6.15. The molecule has 0 aliphatic rings. The van der Waals surface area contributed by atoms with Crippen LogP contribution < -0.4 is 15.4 Å². The summed E-state index contributed by atoms with van der Waals surface area (Å²) in [6.45, 7) is 2.25. The van der Waals surface area contributed by atoms with Crippen molar-refractivity contribution in [1.82, 2.24) is 10.3 Å². The molecule has 38 heavy (non-hydrogen) atoms. The minimum absolute atomic E-state index is 0.0729. The number of amides is 1. The van der Waals surface area contributed by atoms with E-state index >= 15 is 0 Å². The number of aromatic nitrogens is 1. The average Bonchev–Trinajstić information content (AvgIpc) is 2.92. The molecule has 0 fully saturated rings. The summed E-state index contributed by atoms with van der Waals surface area (Å²) in [5, 5.41) is 27.5. The monoisotopic (exact) mass is 535 g/mol. The Hall–Kier alpha value is -3.69. The number of hydrogen-bond donors (Lipinski definition) is 4. The summed E-state index contributed by atoms with van der Waals surface area (Å²) in [7, 11) is 0. The average molecular weight is 536 g/mol. The molecular weight excluding hydrogens is 506 g/mol. The van der Waals surface area contributed by atoms with Crippen LogP contribution in [0, 0.1) is 0 Å². The largest absolute Gasteiger partial charge is 0.457 e. The van der Waals surface area contributed by atoms with Crippen LogP contribution in [0.25, 0.3) is 10.9 Å². The predicted molar refractivity (Wildman–Crippen MR) is 148 cm³/mol. The minimum Gasteiger partial charge on any atom is -0.457 e. The van der Waals surface area contributed by atoms with Crippen molar-refractivity contribution in [3.63, 3.8) is 0 Å². The van der Waals surface area contributed by atoms with E-state index in [0.717, 1.165) is 16.5 Å². The Labute approximate surface area is 226 Å². The van der Waals surface area contributed by atoms with E-state index in [1.807, 2.05) is 36.4 Å². The van der Waals surface area contributed by atoms with E-state index in [4.69, 9.17) is 21.1 Å². The topological polar surface area (TPSA) is 113 Å². The number of fused-ring (bicyclic) bond motifs is 1. The highest BCUT2D eigenvalue weighted by Gasteiger charge is 2.14. The zero-order valence-electron chi connectivity index (χ0n) is 20.9. The lowest BCUT2D eigenvalue weighted by Gasteiger charge is -2.19. The summed E-state index contributed by atoms with van der Waals surface area (Å²) >= 11 is 6.01. The number of rotatable bonds is 11. The van der Waals surface area contributed by atoms with Crippen LogP contribution in [-0.4, -0.2) is 47.1 Å². The van der Waals surface area contributed by atoms with E-state index in [1.165, 1.54) is 0 Å². The van der Waals surface area contributed by atoms with Crippen molar-refractivity contribution in [2.24, 2.45) is 0 Å². The number of nitrogens with zero attached hydrogens (tertiary/aromatic N) is 1. The van der Waals surface area contributed by atoms with Crippen molar-refractivity contribution in [1.29, 1.82) is 0 Å². The van der Waals surface area contributed by atoms with Gasteiger partial charge in [-0.15, -0.1) is 0 Å². The van der Waals surface area contributed by atoms with Gasteiger partial charge in [0.05, 0.1) is 24.8 Å². The summed E-state index contributed by atoms with van der Waals surface area (Å²) in [6, 6.07) is 21.6. The van der Waals surface area contributed by atoms with Gasteiger partial charge in [0.15, 0.2) is 0 Å². The molecule has 9 heteroatoms. The first-order valence-electron chi connectivity index (χ1n) is 12.3. The number of halogens is 1. The molecule has 1 aromatic heterocycles. The number of ether oxygens (including phenoxy) is 2. The Morgan fingerprint density at radius 2 is 1.89 bits per heavy atom. The molecule has 0 aliphatic carbocycles. The molecule has 8 nitrogen and oxygen atoms in total. The summed E-state index contributed by atoms with van der Waals surface area (Å²) < 4.78 is 11.0. The number of aliphatic hydroxyl groups is 2. The number of carbonyl (C=O) groups is 1. The smallest absolute Gasteiger partial charge is 0.411 e. The fraction of sp³-hybridized carbons (Fsp3) is 0.241. The first-order chi connectivity index (χ1) is 18.4. The molecule has 0 spiro atoms. The molecule has 0 bridgehead atoms. The zero-order valence-corrected chi connectivity index (χ0v) is 21.7. The SMILES string of the molecule is CCOC(=O)Nc1ccc2c(Oc3ccc(C[C@@H](CO)NC[C@@H](O)c4cccc(Cl)c4)cc3)ccnc2c1. The van der Waals surface area contributed by atoms with Crippen LogP contribution in [0.3, 0.4) is 0 Å². The Morgan fingerprint density at radius 3 is 2.63 bits per heavy atom. The highest BCUT2D eigenvalue weighted by atomic mass is 35.5. The van der Waals surface area contributed by atoms with Gasteiger partial charge in [-0.3, -0.25) is 10.3 Å². The summed E-state index contributed by atoms with van der Waals surface area (Å²) in [5.74, 6) is 1.29. The molecule has 0 radical (unpaired) electrons. The Morgan fingerprint density at radius 1 is 1.08 bits per heavy atom. The summed E-state index contributed by atoms with van der Waals surface area (Å²) in [6.07, 6.45) is 0.976. The number of hydrogen-bond acceptors (Lipinski definition) is 7. The van der Waals surface area contributed by atoms with E-state index in [9.17, 15) is 15.0 Å². The number of benzene rings is 3. The molecule has 0 saturated carbocycles. The van der Waals surface area contributed by atoms with Crippen molar-refractivity contribution in [2.45, 2.75) is 25.5 Å². The molecule has 0 aliphatic heterocycles. The van der Waals surface area contributed by atoms with Crippen LogP contribution in [0.2, 0.25) is 5.02 Å². The molecule has 2 atom stereocenters. The highest BCUT2D eigenvalue weighted by molar-refractivity contribution is 6.30. The number of pyridine rings is 1. The molecule has 1 amide bonds. The van der Waals surface area contributed by atoms with E-state index < -0.39 is 12.2 Å². The summed E-state index contributed by atoms with van der Waals surface area (Å²) in [5.41, 5.74) is 2.98. The van der Waals surface area contributed by atoms with Gasteiger partial charge < -0.3 is 25.0 Å². The fourth-order valence-electron chi connectivity index (χ4n) is 3.99. The molecule has 4 aromatic rings. The van der Waals surface area contributed by atoms with Crippen molar-refractivity contribution < 1.29 is 24.5 Å². The lowest BCUT2D eigenvalue weighted by Crippen LogP contribution is -2.37. The highest BCUT2D eigenvalue weighted by Crippen LogP contribution is 2.30. The maximum atomic E-state index is 11.7. The van der Waals surface area contributed by atoms with E-state index in [0.29, 0.717) is 47.3 Å². The first-order valence-corrected chi connectivity index (χ1v) is 12.7. The molecule has 198 valence electrons. The number of aliphatic hydroxyl groups excluding tert-OH is 2. The minimum atomic E-state index is -0.731. The van der Waals surface area contributed by atoms with Gasteiger partial charge in [-0.25, -0.2) is 4.79 Å². The third kappa shape index (κ3) is 7.43. The van der Waals surface area contributed by atoms with Crippen molar-refractivity contribution >= 4 is 34.3 Å². The van der Waals surface area contributed by atoms with Gasteiger partial charge in [-0.1, -0.05) is 35.9 Å². The number of anilines is 1. The van der Waals surface area contributed by atoms with Crippen LogP contribution >= 0.6 is 11.6 Å². The Kier molecular flexibility index (Phi) is 9.51. The van der Waals surface area contributed by atoms with Gasteiger partial charge in [0, 0.05) is 34.9 Å². The van der Waals surface area contributed by atoms with Gasteiger partial charge in [0.2, 0.25) is 0 Å². The molecular formula is C29H30ClN3O5. The van der Waals surface area contributed by atoms with Crippen LogP contribution in [0.5, 0.6) is 11.5 Å². The molecule has 4 N–H and O–H groups in total. The van der Waals surface area contributed by atoms with Crippen LogP contribution in [0.1, 0.15) is 24.2 Å². The second-order valence-electron chi connectivity index (χ2n) is 8.70. The molecule has 0 saturated heterocycles. The van der Waals surface area contributed by atoms with Crippen LogP contribution in [0.4, 0.5) is 10.5 Å². The molecule has 1 heterocycles. The van der Waals surface area contributed by atoms with Gasteiger partial charge in [0.1, 0.15) is 11.5 Å². The third-order valence-electron chi connectivity index (χ3n) is 5.91. The van der Waals surface area contributed by atoms with Crippen molar-refractivity contribution in [3.05, 3.63) is 95.1 Å². The molecule has 0 unspecified atom stereocenters. The predicted octanol–water partition coefficient (Wildman–Crippen LogP) is 5.48. The first kappa shape index (κ1) is 27.3. The maximum Gasteiger partial charge on any atom is 0.411 e. The van der Waals surface area contributed by atoms with Crippen LogP contribution in [-0.2, 0) is 11.2 Å².